The molecule has 3 N–H and O–H groups in total. The minimum absolute atomic E-state index is 0.0483. The third-order valence-corrected chi connectivity index (χ3v) is 8.01. The quantitative estimate of drug-likeness (QED) is 0.0314. The molecule has 9 nitrogen and oxygen atoms in total. The van der Waals surface area contributed by atoms with E-state index in [1.807, 2.05) is 0 Å². The lowest BCUT2D eigenvalue weighted by Gasteiger charge is -2.19. The molecule has 0 heterocycles. The Labute approximate surface area is 274 Å². The second kappa shape index (κ2) is 32.2. The Morgan fingerprint density at radius 3 is 1.76 bits per heavy atom. The first kappa shape index (κ1) is 43.2. The molecule has 0 fully saturated rings. The maximum atomic E-state index is 12.4. The molecule has 0 aromatic carbocycles. The van der Waals surface area contributed by atoms with Crippen LogP contribution < -0.4 is 5.73 Å². The molecule has 0 aromatic heterocycles. The third kappa shape index (κ3) is 32.0. The van der Waals surface area contributed by atoms with Gasteiger partial charge in [-0.2, -0.15) is 0 Å². The highest BCUT2D eigenvalue weighted by Crippen LogP contribution is 2.43. The van der Waals surface area contributed by atoms with E-state index in [4.69, 9.17) is 24.3 Å². The lowest BCUT2D eigenvalue weighted by Crippen LogP contribution is -2.29. The molecule has 0 spiro atoms. The van der Waals surface area contributed by atoms with Crippen LogP contribution in [-0.4, -0.2) is 49.3 Å². The van der Waals surface area contributed by atoms with Gasteiger partial charge in [-0.1, -0.05) is 115 Å². The average molecular weight is 658 g/mol. The summed E-state index contributed by atoms with van der Waals surface area (Å²) >= 11 is 0. The molecular formula is C35H64NO8P. The Kier molecular flexibility index (Phi) is 30.9. The first-order valence-electron chi connectivity index (χ1n) is 17.5. The van der Waals surface area contributed by atoms with Gasteiger partial charge in [-0.05, 0) is 51.4 Å². The van der Waals surface area contributed by atoms with Crippen LogP contribution in [0, 0.1) is 0 Å². The number of carbonyl (C=O) groups is 2. The van der Waals surface area contributed by atoms with Crippen LogP contribution >= 0.6 is 7.82 Å². The fourth-order valence-electron chi connectivity index (χ4n) is 4.40. The maximum absolute atomic E-state index is 12.4. The van der Waals surface area contributed by atoms with Crippen LogP contribution in [-0.2, 0) is 32.7 Å². The Hall–Kier alpha value is -1.77. The fourth-order valence-corrected chi connectivity index (χ4v) is 5.17. The molecule has 0 saturated carbocycles. The zero-order chi connectivity index (χ0) is 33.3. The fraction of sp³-hybridized carbons (Fsp3) is 0.771. The van der Waals surface area contributed by atoms with Gasteiger partial charge in [0.05, 0.1) is 13.2 Å². The van der Waals surface area contributed by atoms with Crippen LogP contribution in [0.2, 0.25) is 0 Å². The standard InChI is InChI=1S/C35H64NO8P/c1-3-5-7-9-11-13-14-15-16-17-18-20-21-23-25-27-34(37)41-31-33(32-43-45(39,40)42-30-29-36)44-35(38)28-26-24-22-19-12-10-8-6-4-2/h11,13,15-16,18,20,33H,3-10,12,14,17,19,21-32,36H2,1-2H3,(H,39,40)/b13-11-,16-15-,20-18-/t33-/m1/s1. The summed E-state index contributed by atoms with van der Waals surface area (Å²) in [5, 5.41) is 0. The number of hydrogen-bond donors (Lipinski definition) is 2. The van der Waals surface area contributed by atoms with Crippen LogP contribution in [0.3, 0.4) is 0 Å². The van der Waals surface area contributed by atoms with Crippen molar-refractivity contribution >= 4 is 19.8 Å². The summed E-state index contributed by atoms with van der Waals surface area (Å²) in [6, 6.07) is 0. The first-order valence-corrected chi connectivity index (χ1v) is 19.0. The van der Waals surface area contributed by atoms with Gasteiger partial charge < -0.3 is 20.1 Å². The van der Waals surface area contributed by atoms with Gasteiger partial charge in [0.15, 0.2) is 6.10 Å². The second-order valence-electron chi connectivity index (χ2n) is 11.4. The number of esters is 2. The number of carbonyl (C=O) groups excluding carboxylic acids is 2. The maximum Gasteiger partial charge on any atom is 0.472 e. The van der Waals surface area contributed by atoms with Crippen LogP contribution in [0.5, 0.6) is 0 Å². The van der Waals surface area contributed by atoms with Crippen molar-refractivity contribution < 1.29 is 37.6 Å². The Morgan fingerprint density at radius 1 is 0.667 bits per heavy atom. The molecule has 0 rings (SSSR count). The van der Waals surface area contributed by atoms with E-state index in [1.165, 1.54) is 51.4 Å². The Morgan fingerprint density at radius 2 is 1.16 bits per heavy atom. The van der Waals surface area contributed by atoms with Crippen molar-refractivity contribution in [2.45, 2.75) is 148 Å². The van der Waals surface area contributed by atoms with Crippen LogP contribution in [0.1, 0.15) is 142 Å². The van der Waals surface area contributed by atoms with Gasteiger partial charge in [-0.25, -0.2) is 4.57 Å². The van der Waals surface area contributed by atoms with Crippen LogP contribution in [0.4, 0.5) is 0 Å². The van der Waals surface area contributed by atoms with Crippen molar-refractivity contribution in [2.24, 2.45) is 5.73 Å². The highest BCUT2D eigenvalue weighted by Gasteiger charge is 2.25. The van der Waals surface area contributed by atoms with Gasteiger partial charge in [0.2, 0.25) is 0 Å². The molecule has 0 saturated heterocycles. The minimum Gasteiger partial charge on any atom is -0.462 e. The predicted molar refractivity (Wildman–Crippen MR) is 183 cm³/mol. The number of ether oxygens (including phenoxy) is 2. The summed E-state index contributed by atoms with van der Waals surface area (Å²) in [6.45, 7) is 3.60. The Bertz CT molecular complexity index is 846. The molecule has 1 unspecified atom stereocenters. The first-order chi connectivity index (χ1) is 21.8. The number of unbranched alkanes of at least 4 members (excludes halogenated alkanes) is 13. The average Bonchev–Trinajstić information content (AvgIpc) is 3.02. The molecule has 0 aliphatic heterocycles. The summed E-state index contributed by atoms with van der Waals surface area (Å²) in [6.07, 6.45) is 31.8. The summed E-state index contributed by atoms with van der Waals surface area (Å²) < 4.78 is 32.5. The number of phosphoric acid groups is 1. The molecular weight excluding hydrogens is 593 g/mol. The Balaban J connectivity index is 4.32. The van der Waals surface area contributed by atoms with Gasteiger partial charge in [0, 0.05) is 19.4 Å². The van der Waals surface area contributed by atoms with Crippen molar-refractivity contribution in [2.75, 3.05) is 26.4 Å². The molecule has 0 aliphatic rings. The van der Waals surface area contributed by atoms with Gasteiger partial charge in [0.1, 0.15) is 6.61 Å². The SMILES string of the molecule is CCCCC/C=C\C/C=C\C/C=C\CCCCC(=O)OC[C@H](COP(=O)(O)OCCN)OC(=O)CCCCCCCCCCC. The normalized spacial score (nSPS) is 14.0. The van der Waals surface area contributed by atoms with Gasteiger partial charge in [-0.15, -0.1) is 0 Å². The number of allylic oxidation sites excluding steroid dienone is 6. The van der Waals surface area contributed by atoms with E-state index in [9.17, 15) is 19.0 Å². The molecule has 0 aromatic rings. The number of nitrogens with two attached hydrogens (primary N) is 1. The topological polar surface area (TPSA) is 134 Å². The monoisotopic (exact) mass is 657 g/mol. The van der Waals surface area contributed by atoms with E-state index >= 15 is 0 Å². The molecule has 0 aliphatic carbocycles. The number of rotatable bonds is 32. The van der Waals surface area contributed by atoms with E-state index in [0.717, 1.165) is 51.4 Å². The van der Waals surface area contributed by atoms with E-state index in [0.29, 0.717) is 12.8 Å². The van der Waals surface area contributed by atoms with Crippen LogP contribution in [0.15, 0.2) is 36.5 Å². The molecule has 0 radical (unpaired) electrons. The molecule has 262 valence electrons. The van der Waals surface area contributed by atoms with Crippen molar-refractivity contribution in [3.8, 4) is 0 Å². The largest absolute Gasteiger partial charge is 0.472 e. The zero-order valence-electron chi connectivity index (χ0n) is 28.3. The van der Waals surface area contributed by atoms with Gasteiger partial charge in [-0.3, -0.25) is 18.6 Å². The van der Waals surface area contributed by atoms with E-state index < -0.39 is 32.5 Å². The lowest BCUT2D eigenvalue weighted by atomic mass is 10.1. The lowest BCUT2D eigenvalue weighted by molar-refractivity contribution is -0.161. The van der Waals surface area contributed by atoms with Gasteiger partial charge in [0.25, 0.3) is 0 Å². The molecule has 2 atom stereocenters. The van der Waals surface area contributed by atoms with Crippen LogP contribution in [0.25, 0.3) is 0 Å². The van der Waals surface area contributed by atoms with Crippen molar-refractivity contribution in [1.82, 2.24) is 0 Å². The minimum atomic E-state index is -4.37. The number of phosphoric ester groups is 1. The summed E-state index contributed by atoms with van der Waals surface area (Å²) in [5.41, 5.74) is 5.31. The highest BCUT2D eigenvalue weighted by molar-refractivity contribution is 7.47. The van der Waals surface area contributed by atoms with Crippen molar-refractivity contribution in [1.29, 1.82) is 0 Å². The summed E-state index contributed by atoms with van der Waals surface area (Å²) in [7, 11) is -4.37. The van der Waals surface area contributed by atoms with Crippen molar-refractivity contribution in [3.05, 3.63) is 36.5 Å². The summed E-state index contributed by atoms with van der Waals surface area (Å²) in [4.78, 5) is 34.5. The summed E-state index contributed by atoms with van der Waals surface area (Å²) in [5.74, 6) is -0.880. The second-order valence-corrected chi connectivity index (χ2v) is 12.8. The smallest absolute Gasteiger partial charge is 0.462 e. The molecule has 0 amide bonds. The third-order valence-electron chi connectivity index (χ3n) is 7.03. The van der Waals surface area contributed by atoms with E-state index in [1.54, 1.807) is 0 Å². The molecule has 10 heteroatoms. The molecule has 0 bridgehead atoms. The number of hydrogen-bond acceptors (Lipinski definition) is 8. The highest BCUT2D eigenvalue weighted by atomic mass is 31.2. The molecule has 45 heavy (non-hydrogen) atoms. The van der Waals surface area contributed by atoms with Crippen molar-refractivity contribution in [3.63, 3.8) is 0 Å². The zero-order valence-corrected chi connectivity index (χ0v) is 29.2. The predicted octanol–water partition coefficient (Wildman–Crippen LogP) is 9.04. The van der Waals surface area contributed by atoms with E-state index in [-0.39, 0.29) is 32.6 Å². The van der Waals surface area contributed by atoms with E-state index in [2.05, 4.69) is 50.3 Å². The van der Waals surface area contributed by atoms with Gasteiger partial charge >= 0.3 is 19.8 Å².